The van der Waals surface area contributed by atoms with Crippen LogP contribution in [0.2, 0.25) is 0 Å². The first-order chi connectivity index (χ1) is 10.6. The summed E-state index contributed by atoms with van der Waals surface area (Å²) < 4.78 is 10.5. The molecule has 0 aliphatic heterocycles. The van der Waals surface area contributed by atoms with Crippen molar-refractivity contribution in [3.8, 4) is 11.5 Å². The van der Waals surface area contributed by atoms with Gasteiger partial charge in [-0.25, -0.2) is 5.10 Å². The second kappa shape index (κ2) is 5.98. The minimum absolute atomic E-state index is 0.0918. The molecule has 0 bridgehead atoms. The van der Waals surface area contributed by atoms with Gasteiger partial charge in [-0.05, 0) is 48.6 Å². The lowest BCUT2D eigenvalue weighted by molar-refractivity contribution is 0.0775. The number of nitrogens with zero attached hydrogens (tertiary/aromatic N) is 2. The highest BCUT2D eigenvalue weighted by Gasteiger charge is 2.14. The highest BCUT2D eigenvalue weighted by molar-refractivity contribution is 7.71. The molecule has 1 amide bonds. The number of carbonyl (C=O) groups is 1. The Morgan fingerprint density at radius 3 is 2.68 bits per heavy atom. The molecule has 0 radical (unpaired) electrons. The number of aromatic amines is 1. The summed E-state index contributed by atoms with van der Waals surface area (Å²) in [4.78, 5) is 14.2. The van der Waals surface area contributed by atoms with Crippen LogP contribution >= 0.6 is 12.2 Å². The number of furan rings is 1. The van der Waals surface area contributed by atoms with Gasteiger partial charge >= 0.3 is 0 Å². The van der Waals surface area contributed by atoms with Crippen LogP contribution in [0.25, 0.3) is 11.5 Å². The average molecular weight is 315 g/mol. The van der Waals surface area contributed by atoms with Gasteiger partial charge in [0.1, 0.15) is 5.76 Å². The molecule has 1 N–H and O–H groups in total. The smallest absolute Gasteiger partial charge is 0.284 e. The number of hydrogen-bond donors (Lipinski definition) is 1. The lowest BCUT2D eigenvalue weighted by Crippen LogP contribution is -2.25. The predicted octanol–water partition coefficient (Wildman–Crippen LogP) is 3.26. The van der Waals surface area contributed by atoms with E-state index in [4.69, 9.17) is 21.1 Å². The Morgan fingerprint density at radius 1 is 1.32 bits per heavy atom. The number of nitrogens with one attached hydrogen (secondary N) is 1. The molecule has 22 heavy (non-hydrogen) atoms. The number of H-pyrrole nitrogens is 1. The third-order valence-corrected chi connectivity index (χ3v) is 3.31. The molecule has 2 heterocycles. The molecule has 0 atom stereocenters. The van der Waals surface area contributed by atoms with Gasteiger partial charge in [-0.15, -0.1) is 5.10 Å². The standard InChI is InChI=1S/C15H13N3O3S/c1-18(9-12-3-2-8-20-12)14(19)11-6-4-10(5-7-11)13-16-17-15(22)21-13/h2-8H,9H2,1H3,(H,17,22). The largest absolute Gasteiger partial charge is 0.467 e. The summed E-state index contributed by atoms with van der Waals surface area (Å²) in [5, 5.41) is 6.50. The number of benzene rings is 1. The second-order valence-corrected chi connectivity index (χ2v) is 5.11. The summed E-state index contributed by atoms with van der Waals surface area (Å²) in [6.45, 7) is 0.418. The molecule has 0 aliphatic rings. The third kappa shape index (κ3) is 2.99. The van der Waals surface area contributed by atoms with Crippen LogP contribution in [-0.4, -0.2) is 28.1 Å². The number of rotatable bonds is 4. The summed E-state index contributed by atoms with van der Waals surface area (Å²) >= 11 is 4.83. The number of amides is 1. The van der Waals surface area contributed by atoms with Crippen molar-refractivity contribution < 1.29 is 13.6 Å². The van der Waals surface area contributed by atoms with Crippen molar-refractivity contribution in [2.24, 2.45) is 0 Å². The normalized spacial score (nSPS) is 10.6. The van der Waals surface area contributed by atoms with Crippen molar-refractivity contribution in [2.75, 3.05) is 7.05 Å². The van der Waals surface area contributed by atoms with Crippen LogP contribution in [-0.2, 0) is 6.54 Å². The summed E-state index contributed by atoms with van der Waals surface area (Å²) in [7, 11) is 1.73. The maximum atomic E-state index is 12.3. The van der Waals surface area contributed by atoms with E-state index in [0.717, 1.165) is 11.3 Å². The van der Waals surface area contributed by atoms with Crippen LogP contribution in [0.5, 0.6) is 0 Å². The van der Waals surface area contributed by atoms with E-state index in [1.807, 2.05) is 6.07 Å². The Labute approximate surface area is 131 Å². The zero-order chi connectivity index (χ0) is 15.5. The molecule has 7 heteroatoms. The summed E-state index contributed by atoms with van der Waals surface area (Å²) in [5.41, 5.74) is 1.32. The van der Waals surface area contributed by atoms with Crippen LogP contribution in [0, 0.1) is 4.84 Å². The molecule has 1 aromatic carbocycles. The van der Waals surface area contributed by atoms with Crippen molar-refractivity contribution >= 4 is 18.1 Å². The van der Waals surface area contributed by atoms with Crippen LogP contribution in [0.1, 0.15) is 16.1 Å². The van der Waals surface area contributed by atoms with E-state index in [0.29, 0.717) is 18.0 Å². The van der Waals surface area contributed by atoms with Crippen LogP contribution in [0.4, 0.5) is 0 Å². The molecule has 0 saturated heterocycles. The topological polar surface area (TPSA) is 75.3 Å². The molecule has 3 rings (SSSR count). The molecule has 6 nitrogen and oxygen atoms in total. The molecule has 0 unspecified atom stereocenters. The van der Waals surface area contributed by atoms with Crippen LogP contribution < -0.4 is 0 Å². The number of aromatic nitrogens is 2. The monoisotopic (exact) mass is 315 g/mol. The van der Waals surface area contributed by atoms with E-state index >= 15 is 0 Å². The zero-order valence-electron chi connectivity index (χ0n) is 11.8. The van der Waals surface area contributed by atoms with Crippen molar-refractivity contribution in [1.82, 2.24) is 15.1 Å². The molecule has 2 aromatic heterocycles. The maximum Gasteiger partial charge on any atom is 0.284 e. The van der Waals surface area contributed by atoms with Crippen LogP contribution in [0.15, 0.2) is 51.5 Å². The first kappa shape index (κ1) is 14.3. The Balaban J connectivity index is 1.74. The Kier molecular flexibility index (Phi) is 3.88. The minimum atomic E-state index is -0.0918. The van der Waals surface area contributed by atoms with E-state index < -0.39 is 0 Å². The summed E-state index contributed by atoms with van der Waals surface area (Å²) in [5.74, 6) is 1.04. The zero-order valence-corrected chi connectivity index (χ0v) is 12.6. The second-order valence-electron chi connectivity index (χ2n) is 4.74. The van der Waals surface area contributed by atoms with Gasteiger partial charge in [-0.2, -0.15) is 0 Å². The van der Waals surface area contributed by atoms with Crippen molar-refractivity contribution in [1.29, 1.82) is 0 Å². The van der Waals surface area contributed by atoms with Crippen molar-refractivity contribution in [3.63, 3.8) is 0 Å². The van der Waals surface area contributed by atoms with Gasteiger partial charge in [0.05, 0.1) is 12.8 Å². The predicted molar refractivity (Wildman–Crippen MR) is 81.6 cm³/mol. The van der Waals surface area contributed by atoms with Gasteiger partial charge in [0, 0.05) is 18.2 Å². The fraction of sp³-hybridized carbons (Fsp3) is 0.133. The molecular formula is C15H13N3O3S. The van der Waals surface area contributed by atoms with Crippen molar-refractivity contribution in [2.45, 2.75) is 6.54 Å². The van der Waals surface area contributed by atoms with Gasteiger partial charge in [0.2, 0.25) is 5.89 Å². The molecule has 3 aromatic rings. The highest BCUT2D eigenvalue weighted by Crippen LogP contribution is 2.18. The Bertz CT molecular complexity index is 818. The van der Waals surface area contributed by atoms with E-state index in [2.05, 4.69) is 10.2 Å². The first-order valence-corrected chi connectivity index (χ1v) is 6.98. The lowest BCUT2D eigenvalue weighted by Gasteiger charge is -2.15. The molecule has 0 fully saturated rings. The number of hydrogen-bond acceptors (Lipinski definition) is 5. The molecule has 0 aliphatic carbocycles. The lowest BCUT2D eigenvalue weighted by atomic mass is 10.1. The molecule has 112 valence electrons. The highest BCUT2D eigenvalue weighted by atomic mass is 32.1. The fourth-order valence-electron chi connectivity index (χ4n) is 2.04. The van der Waals surface area contributed by atoms with E-state index in [-0.39, 0.29) is 10.7 Å². The summed E-state index contributed by atoms with van der Waals surface area (Å²) in [6, 6.07) is 10.6. The van der Waals surface area contributed by atoms with Gasteiger partial charge in [-0.3, -0.25) is 4.79 Å². The SMILES string of the molecule is CN(Cc1ccco1)C(=O)c1ccc(-c2n[nH]c(=S)o2)cc1. The third-order valence-electron chi connectivity index (χ3n) is 3.14. The van der Waals surface area contributed by atoms with E-state index in [1.54, 1.807) is 48.5 Å². The van der Waals surface area contributed by atoms with Gasteiger partial charge in [0.25, 0.3) is 10.7 Å². The van der Waals surface area contributed by atoms with E-state index in [1.165, 1.54) is 0 Å². The molecule has 0 spiro atoms. The number of carbonyl (C=O) groups excluding carboxylic acids is 1. The van der Waals surface area contributed by atoms with Crippen molar-refractivity contribution in [3.05, 3.63) is 58.8 Å². The summed E-state index contributed by atoms with van der Waals surface area (Å²) in [6.07, 6.45) is 1.59. The maximum absolute atomic E-state index is 12.3. The van der Waals surface area contributed by atoms with Crippen LogP contribution in [0.3, 0.4) is 0 Å². The van der Waals surface area contributed by atoms with Gasteiger partial charge in [0.15, 0.2) is 0 Å². The first-order valence-electron chi connectivity index (χ1n) is 6.57. The van der Waals surface area contributed by atoms with E-state index in [9.17, 15) is 4.79 Å². The Morgan fingerprint density at radius 2 is 2.09 bits per heavy atom. The molecule has 0 saturated carbocycles. The van der Waals surface area contributed by atoms with Gasteiger partial charge in [-0.1, -0.05) is 0 Å². The van der Waals surface area contributed by atoms with Gasteiger partial charge < -0.3 is 13.7 Å². The average Bonchev–Trinajstić information content (AvgIpc) is 3.18. The fourth-order valence-corrected chi connectivity index (χ4v) is 2.16. The quantitative estimate of drug-likeness (QED) is 0.748. The molecular weight excluding hydrogens is 302 g/mol. The minimum Gasteiger partial charge on any atom is -0.467 e. The Hall–Kier alpha value is -2.67.